The third-order valence-electron chi connectivity index (χ3n) is 6.30. The van der Waals surface area contributed by atoms with Gasteiger partial charge >= 0.3 is 6.18 Å². The van der Waals surface area contributed by atoms with Gasteiger partial charge in [0.05, 0.1) is 29.7 Å². The molecule has 0 aliphatic rings. The van der Waals surface area contributed by atoms with Crippen molar-refractivity contribution in [3.8, 4) is 17.3 Å². The maximum absolute atomic E-state index is 14.6. The molecule has 1 amide bonds. The molecule has 4 aromatic rings. The summed E-state index contributed by atoms with van der Waals surface area (Å²) in [5.74, 6) is -1.19. The maximum Gasteiger partial charge on any atom is 0.406 e. The summed E-state index contributed by atoms with van der Waals surface area (Å²) in [4.78, 5) is 28.9. The molecule has 0 bridgehead atoms. The predicted molar refractivity (Wildman–Crippen MR) is 159 cm³/mol. The molecule has 0 aliphatic carbocycles. The van der Waals surface area contributed by atoms with Crippen LogP contribution in [0.1, 0.15) is 0 Å². The first-order valence-corrected chi connectivity index (χ1v) is 13.2. The van der Waals surface area contributed by atoms with Gasteiger partial charge < -0.3 is 29.7 Å². The van der Waals surface area contributed by atoms with E-state index in [9.17, 15) is 22.4 Å². The van der Waals surface area contributed by atoms with Gasteiger partial charge in [-0.15, -0.1) is 0 Å². The van der Waals surface area contributed by atoms with Crippen LogP contribution in [0.5, 0.6) is 5.75 Å². The number of methoxy groups -OCH3 is 1. The number of alkyl halides is 3. The van der Waals surface area contributed by atoms with E-state index in [1.54, 1.807) is 12.1 Å². The first-order valence-electron chi connectivity index (χ1n) is 12.8. The summed E-state index contributed by atoms with van der Waals surface area (Å²) in [5, 5.41) is 5.70. The Kier molecular flexibility index (Phi) is 9.40. The van der Waals surface area contributed by atoms with Crippen molar-refractivity contribution in [2.24, 2.45) is 0 Å². The fourth-order valence-corrected chi connectivity index (χ4v) is 4.45. The number of anilines is 4. The third-order valence-corrected chi connectivity index (χ3v) is 6.51. The summed E-state index contributed by atoms with van der Waals surface area (Å²) < 4.78 is 61.7. The third kappa shape index (κ3) is 7.51. The average Bonchev–Trinajstić information content (AvgIpc) is 3.28. The van der Waals surface area contributed by atoms with Gasteiger partial charge in [0, 0.05) is 37.4 Å². The molecule has 0 saturated carbocycles. The summed E-state index contributed by atoms with van der Waals surface area (Å²) >= 11 is 5.94. The van der Waals surface area contributed by atoms with Gasteiger partial charge in [-0.25, -0.2) is 19.3 Å². The molecule has 0 fully saturated rings. The fourth-order valence-electron chi connectivity index (χ4n) is 4.25. The number of rotatable bonds is 11. The average molecular weight is 621 g/mol. The molecule has 4 rings (SSSR count). The zero-order valence-corrected chi connectivity index (χ0v) is 24.5. The number of ether oxygens (including phenoxy) is 1. The van der Waals surface area contributed by atoms with Gasteiger partial charge in [0.1, 0.15) is 23.5 Å². The minimum absolute atomic E-state index is 0.00679. The lowest BCUT2D eigenvalue weighted by molar-refractivity contribution is -0.139. The van der Waals surface area contributed by atoms with E-state index in [1.807, 2.05) is 30.9 Å². The Morgan fingerprint density at radius 3 is 2.53 bits per heavy atom. The number of hydrogen-bond donors (Lipinski definition) is 2. The zero-order valence-electron chi connectivity index (χ0n) is 23.8. The highest BCUT2D eigenvalue weighted by molar-refractivity contribution is 6.31. The van der Waals surface area contributed by atoms with Crippen molar-refractivity contribution in [3.05, 3.63) is 60.0 Å². The van der Waals surface area contributed by atoms with E-state index in [-0.39, 0.29) is 33.5 Å². The Bertz CT molecular complexity index is 1660. The molecule has 0 aliphatic heterocycles. The number of aromatic nitrogens is 4. The summed E-state index contributed by atoms with van der Waals surface area (Å²) in [7, 11) is 7.21. The van der Waals surface area contributed by atoms with Crippen molar-refractivity contribution in [2.45, 2.75) is 12.7 Å². The Labute approximate surface area is 249 Å². The molecule has 2 N–H and O–H groups in total. The van der Waals surface area contributed by atoms with Crippen molar-refractivity contribution < 1.29 is 27.1 Å². The molecular weight excluding hydrogens is 592 g/mol. The number of carbonyl (C=O) groups excluding carboxylic acids is 1. The van der Waals surface area contributed by atoms with E-state index in [0.717, 1.165) is 23.3 Å². The second kappa shape index (κ2) is 12.8. The highest BCUT2D eigenvalue weighted by Crippen LogP contribution is 2.38. The number of nitrogens with one attached hydrogen (secondary N) is 2. The number of halogens is 5. The minimum Gasteiger partial charge on any atom is -0.494 e. The van der Waals surface area contributed by atoms with Gasteiger partial charge in [-0.2, -0.15) is 13.2 Å². The standard InChI is InChI=1S/C28H29ClF4N8O2/c1-6-24(42)35-19-13-20(23(43-5)14-21(19)40(4)10-9-39(2)3)37-27-34-8-7-18(36-27)26-38-25-17(30)11-16(29)12-22(25)41(26)15-28(31,32)33/h6-8,11-14H,1,9-10,15H2,2-5H3,(H,35,42)(H,34,36,37). The van der Waals surface area contributed by atoms with Crippen molar-refractivity contribution >= 4 is 51.6 Å². The topological polar surface area (TPSA) is 100 Å². The lowest BCUT2D eigenvalue weighted by Gasteiger charge is -2.26. The van der Waals surface area contributed by atoms with Crippen molar-refractivity contribution in [3.63, 3.8) is 0 Å². The predicted octanol–water partition coefficient (Wildman–Crippen LogP) is 5.72. The van der Waals surface area contributed by atoms with Gasteiger partial charge in [-0.1, -0.05) is 18.2 Å². The van der Waals surface area contributed by atoms with Gasteiger partial charge in [0.2, 0.25) is 11.9 Å². The molecule has 228 valence electrons. The van der Waals surface area contributed by atoms with Gasteiger partial charge in [0.15, 0.2) is 11.6 Å². The van der Waals surface area contributed by atoms with Crippen LogP contribution in [-0.4, -0.2) is 77.8 Å². The van der Waals surface area contributed by atoms with Crippen LogP contribution < -0.4 is 20.3 Å². The number of hydrogen-bond acceptors (Lipinski definition) is 8. The number of amides is 1. The second-order valence-corrected chi connectivity index (χ2v) is 10.2. The van der Waals surface area contributed by atoms with Crippen LogP contribution >= 0.6 is 11.6 Å². The summed E-state index contributed by atoms with van der Waals surface area (Å²) in [5.41, 5.74) is 1.03. The number of fused-ring (bicyclic) bond motifs is 1. The van der Waals surface area contributed by atoms with Crippen LogP contribution in [0.4, 0.5) is 40.6 Å². The number of likely N-dealkylation sites (N-methyl/N-ethyl adjacent to an activating group) is 2. The first kappa shape index (κ1) is 31.5. The number of benzene rings is 2. The summed E-state index contributed by atoms with van der Waals surface area (Å²) in [6.07, 6.45) is -2.19. The molecule has 2 aromatic carbocycles. The van der Waals surface area contributed by atoms with Crippen molar-refractivity contribution in [2.75, 3.05) is 56.9 Å². The van der Waals surface area contributed by atoms with E-state index < -0.39 is 24.4 Å². The quantitative estimate of drug-likeness (QED) is 0.162. The Balaban J connectivity index is 1.77. The van der Waals surface area contributed by atoms with Crippen LogP contribution in [0.2, 0.25) is 5.02 Å². The Hall–Kier alpha value is -4.43. The van der Waals surface area contributed by atoms with Crippen LogP contribution in [0.3, 0.4) is 0 Å². The highest BCUT2D eigenvalue weighted by atomic mass is 35.5. The lowest BCUT2D eigenvalue weighted by atomic mass is 10.2. The first-order chi connectivity index (χ1) is 20.3. The van der Waals surface area contributed by atoms with Gasteiger partial charge in [0.25, 0.3) is 0 Å². The van der Waals surface area contributed by atoms with E-state index in [1.165, 1.54) is 25.4 Å². The highest BCUT2D eigenvalue weighted by Gasteiger charge is 2.31. The minimum atomic E-state index is -4.64. The molecule has 43 heavy (non-hydrogen) atoms. The fraction of sp³-hybridized carbons (Fsp3) is 0.286. The van der Waals surface area contributed by atoms with Gasteiger partial charge in [-0.3, -0.25) is 4.79 Å². The van der Waals surface area contributed by atoms with Gasteiger partial charge in [-0.05, 0) is 44.4 Å². The zero-order chi connectivity index (χ0) is 31.5. The summed E-state index contributed by atoms with van der Waals surface area (Å²) in [6.45, 7) is 3.43. The summed E-state index contributed by atoms with van der Waals surface area (Å²) in [6, 6.07) is 6.88. The number of nitrogens with zero attached hydrogens (tertiary/aromatic N) is 6. The normalized spacial score (nSPS) is 11.6. The molecule has 0 spiro atoms. The molecule has 2 heterocycles. The van der Waals surface area contributed by atoms with Crippen LogP contribution in [-0.2, 0) is 11.3 Å². The smallest absolute Gasteiger partial charge is 0.406 e. The van der Waals surface area contributed by atoms with Crippen LogP contribution in [0.15, 0.2) is 49.2 Å². The molecule has 10 nitrogen and oxygen atoms in total. The molecule has 2 aromatic heterocycles. The van der Waals surface area contributed by atoms with Crippen LogP contribution in [0.25, 0.3) is 22.6 Å². The number of carbonyl (C=O) groups is 1. The number of imidazole rings is 1. The Morgan fingerprint density at radius 1 is 1.14 bits per heavy atom. The van der Waals surface area contributed by atoms with Crippen molar-refractivity contribution in [1.29, 1.82) is 0 Å². The van der Waals surface area contributed by atoms with E-state index >= 15 is 0 Å². The molecule has 0 radical (unpaired) electrons. The van der Waals surface area contributed by atoms with Crippen LogP contribution in [0, 0.1) is 5.82 Å². The van der Waals surface area contributed by atoms with E-state index in [0.29, 0.717) is 29.4 Å². The second-order valence-electron chi connectivity index (χ2n) is 9.77. The Morgan fingerprint density at radius 2 is 1.88 bits per heavy atom. The molecule has 0 unspecified atom stereocenters. The molecule has 0 atom stereocenters. The largest absolute Gasteiger partial charge is 0.494 e. The maximum atomic E-state index is 14.6. The molecule has 0 saturated heterocycles. The lowest BCUT2D eigenvalue weighted by Crippen LogP contribution is -2.29. The monoisotopic (exact) mass is 620 g/mol. The van der Waals surface area contributed by atoms with Crippen molar-refractivity contribution in [1.82, 2.24) is 24.4 Å². The van der Waals surface area contributed by atoms with E-state index in [2.05, 4.69) is 32.2 Å². The SMILES string of the molecule is C=CC(=O)Nc1cc(Nc2nccc(-c3nc4c(F)cc(Cl)cc4n3CC(F)(F)F)n2)c(OC)cc1N(C)CCN(C)C. The molecular formula is C28H29ClF4N8O2. The van der Waals surface area contributed by atoms with E-state index in [4.69, 9.17) is 16.3 Å². The molecule has 15 heteroatoms.